The summed E-state index contributed by atoms with van der Waals surface area (Å²) in [6, 6.07) is 14.7. The first kappa shape index (κ1) is 9.92. The summed E-state index contributed by atoms with van der Waals surface area (Å²) in [6.07, 6.45) is 3.98. The average Bonchev–Trinajstić information content (AvgIpc) is 2.37. The Bertz CT molecular complexity index is 650. The van der Waals surface area contributed by atoms with E-state index in [-0.39, 0.29) is 6.04 Å². The van der Waals surface area contributed by atoms with Crippen molar-refractivity contribution in [1.29, 1.82) is 5.26 Å². The monoisotopic (exact) mass is 220 g/mol. The third-order valence-corrected chi connectivity index (χ3v) is 3.28. The molecule has 2 heteroatoms. The van der Waals surface area contributed by atoms with E-state index in [0.29, 0.717) is 0 Å². The molecule has 0 bridgehead atoms. The standard InChI is InChI=1S/C15H12N2/c1-17-14(10-16)7-6-13-8-11-4-2-3-5-12(11)9-15(13)17/h2-9,14H,1H3. The first-order chi connectivity index (χ1) is 8.29. The molecule has 1 aliphatic rings. The Kier molecular flexibility index (Phi) is 2.12. The fourth-order valence-electron chi connectivity index (χ4n) is 2.29. The minimum Gasteiger partial charge on any atom is -0.355 e. The summed E-state index contributed by atoms with van der Waals surface area (Å²) in [7, 11) is 1.96. The Hall–Kier alpha value is -2.27. The van der Waals surface area contributed by atoms with Gasteiger partial charge in [-0.05, 0) is 34.5 Å². The molecule has 2 nitrogen and oxygen atoms in total. The van der Waals surface area contributed by atoms with E-state index in [9.17, 15) is 0 Å². The SMILES string of the molecule is CN1c2cc3ccccc3cc2C=CC1C#N. The van der Waals surface area contributed by atoms with Gasteiger partial charge in [0.25, 0.3) is 0 Å². The van der Waals surface area contributed by atoms with Crippen molar-refractivity contribution in [3.8, 4) is 6.07 Å². The minimum atomic E-state index is -0.163. The number of hydrogen-bond donors (Lipinski definition) is 0. The number of fused-ring (bicyclic) bond motifs is 2. The summed E-state index contributed by atoms with van der Waals surface area (Å²) < 4.78 is 0. The van der Waals surface area contributed by atoms with Crippen molar-refractivity contribution in [1.82, 2.24) is 0 Å². The molecule has 82 valence electrons. The summed E-state index contributed by atoms with van der Waals surface area (Å²) in [5.74, 6) is 0. The Morgan fingerprint density at radius 1 is 1.18 bits per heavy atom. The van der Waals surface area contributed by atoms with Crippen LogP contribution in [0.3, 0.4) is 0 Å². The number of hydrogen-bond acceptors (Lipinski definition) is 2. The maximum absolute atomic E-state index is 9.06. The Balaban J connectivity index is 2.25. The number of benzene rings is 2. The van der Waals surface area contributed by atoms with Gasteiger partial charge in [-0.25, -0.2) is 0 Å². The van der Waals surface area contributed by atoms with Crippen LogP contribution in [0.25, 0.3) is 16.8 Å². The molecule has 17 heavy (non-hydrogen) atoms. The number of rotatable bonds is 0. The van der Waals surface area contributed by atoms with Gasteiger partial charge in [-0.2, -0.15) is 5.26 Å². The summed E-state index contributed by atoms with van der Waals surface area (Å²) in [5.41, 5.74) is 2.30. The molecule has 1 heterocycles. The molecule has 0 spiro atoms. The fourth-order valence-corrected chi connectivity index (χ4v) is 2.29. The molecule has 1 aliphatic heterocycles. The van der Waals surface area contributed by atoms with Gasteiger partial charge in [-0.1, -0.05) is 30.3 Å². The largest absolute Gasteiger partial charge is 0.355 e. The fraction of sp³-hybridized carbons (Fsp3) is 0.133. The number of likely N-dealkylation sites (N-methyl/N-ethyl adjacent to an activating group) is 1. The van der Waals surface area contributed by atoms with E-state index in [2.05, 4.69) is 30.3 Å². The van der Waals surface area contributed by atoms with Crippen LogP contribution in [0.2, 0.25) is 0 Å². The summed E-state index contributed by atoms with van der Waals surface area (Å²) in [5, 5.41) is 11.5. The third kappa shape index (κ3) is 1.48. The molecular weight excluding hydrogens is 208 g/mol. The summed E-state index contributed by atoms with van der Waals surface area (Å²) in [6.45, 7) is 0. The predicted molar refractivity (Wildman–Crippen MR) is 70.8 cm³/mol. The van der Waals surface area contributed by atoms with Gasteiger partial charge in [0.2, 0.25) is 0 Å². The molecule has 0 N–H and O–H groups in total. The summed E-state index contributed by atoms with van der Waals surface area (Å²) in [4.78, 5) is 2.02. The van der Waals surface area contributed by atoms with Gasteiger partial charge in [0, 0.05) is 12.7 Å². The van der Waals surface area contributed by atoms with E-state index >= 15 is 0 Å². The molecule has 0 amide bonds. The molecule has 0 fully saturated rings. The second-order valence-corrected chi connectivity index (χ2v) is 4.30. The van der Waals surface area contributed by atoms with Gasteiger partial charge in [0.1, 0.15) is 6.04 Å². The smallest absolute Gasteiger partial charge is 0.135 e. The molecule has 1 atom stereocenters. The van der Waals surface area contributed by atoms with E-state index in [0.717, 1.165) is 5.69 Å². The van der Waals surface area contributed by atoms with Gasteiger partial charge in [0.05, 0.1) is 6.07 Å². The third-order valence-electron chi connectivity index (χ3n) is 3.28. The van der Waals surface area contributed by atoms with Gasteiger partial charge in [0.15, 0.2) is 0 Å². The van der Waals surface area contributed by atoms with Crippen molar-refractivity contribution in [3.05, 3.63) is 48.0 Å². The topological polar surface area (TPSA) is 27.0 Å². The van der Waals surface area contributed by atoms with Crippen molar-refractivity contribution < 1.29 is 0 Å². The first-order valence-corrected chi connectivity index (χ1v) is 5.63. The van der Waals surface area contributed by atoms with Crippen LogP contribution in [-0.2, 0) is 0 Å². The Morgan fingerprint density at radius 3 is 2.59 bits per heavy atom. The zero-order chi connectivity index (χ0) is 11.8. The highest BCUT2D eigenvalue weighted by Crippen LogP contribution is 2.31. The minimum absolute atomic E-state index is 0.163. The lowest BCUT2D eigenvalue weighted by Gasteiger charge is -2.28. The maximum Gasteiger partial charge on any atom is 0.135 e. The van der Waals surface area contributed by atoms with E-state index < -0.39 is 0 Å². The van der Waals surface area contributed by atoms with Gasteiger partial charge in [-0.15, -0.1) is 0 Å². The number of nitriles is 1. The van der Waals surface area contributed by atoms with Crippen molar-refractivity contribution in [3.63, 3.8) is 0 Å². The van der Waals surface area contributed by atoms with E-state index in [4.69, 9.17) is 5.26 Å². The lowest BCUT2D eigenvalue weighted by molar-refractivity contribution is 0.898. The lowest BCUT2D eigenvalue weighted by Crippen LogP contribution is -2.30. The van der Waals surface area contributed by atoms with Crippen LogP contribution in [-0.4, -0.2) is 13.1 Å². The van der Waals surface area contributed by atoms with Crippen molar-refractivity contribution in [2.75, 3.05) is 11.9 Å². The van der Waals surface area contributed by atoms with Crippen LogP contribution in [0.1, 0.15) is 5.56 Å². The van der Waals surface area contributed by atoms with Crippen molar-refractivity contribution in [2.45, 2.75) is 6.04 Å². The Morgan fingerprint density at radius 2 is 1.88 bits per heavy atom. The van der Waals surface area contributed by atoms with E-state index in [1.807, 2.05) is 36.2 Å². The lowest BCUT2D eigenvalue weighted by atomic mass is 9.99. The average molecular weight is 220 g/mol. The maximum atomic E-state index is 9.06. The zero-order valence-electron chi connectivity index (χ0n) is 9.59. The van der Waals surface area contributed by atoms with E-state index in [1.165, 1.54) is 16.3 Å². The first-order valence-electron chi connectivity index (χ1n) is 5.63. The predicted octanol–water partition coefficient (Wildman–Crippen LogP) is 3.19. The van der Waals surface area contributed by atoms with Crippen LogP contribution in [0.4, 0.5) is 5.69 Å². The second-order valence-electron chi connectivity index (χ2n) is 4.30. The normalized spacial score (nSPS) is 17.9. The Labute approximate surface area is 100 Å². The van der Waals surface area contributed by atoms with E-state index in [1.54, 1.807) is 0 Å². The molecule has 1 unspecified atom stereocenters. The highest BCUT2D eigenvalue weighted by molar-refractivity contribution is 5.91. The molecule has 0 saturated carbocycles. The van der Waals surface area contributed by atoms with Crippen LogP contribution in [0.15, 0.2) is 42.5 Å². The summed E-state index contributed by atoms with van der Waals surface area (Å²) >= 11 is 0. The van der Waals surface area contributed by atoms with Crippen molar-refractivity contribution >= 4 is 22.5 Å². The second kappa shape index (κ2) is 3.64. The molecular formula is C15H12N2. The van der Waals surface area contributed by atoms with Crippen molar-refractivity contribution in [2.24, 2.45) is 0 Å². The molecule has 0 saturated heterocycles. The van der Waals surface area contributed by atoms with Crippen LogP contribution >= 0.6 is 0 Å². The highest BCUT2D eigenvalue weighted by Gasteiger charge is 2.18. The number of anilines is 1. The molecule has 0 radical (unpaired) electrons. The van der Waals surface area contributed by atoms with Gasteiger partial charge in [-0.3, -0.25) is 0 Å². The molecule has 0 aliphatic carbocycles. The molecule has 2 aromatic carbocycles. The zero-order valence-corrected chi connectivity index (χ0v) is 9.59. The molecule has 3 rings (SSSR count). The highest BCUT2D eigenvalue weighted by atomic mass is 15.1. The van der Waals surface area contributed by atoms with Gasteiger partial charge >= 0.3 is 0 Å². The van der Waals surface area contributed by atoms with Crippen LogP contribution in [0, 0.1) is 11.3 Å². The molecule has 2 aromatic rings. The van der Waals surface area contributed by atoms with Crippen LogP contribution in [0.5, 0.6) is 0 Å². The number of nitrogens with zero attached hydrogens (tertiary/aromatic N) is 2. The van der Waals surface area contributed by atoms with Crippen LogP contribution < -0.4 is 4.90 Å². The quantitative estimate of drug-likeness (QED) is 0.681. The van der Waals surface area contributed by atoms with Gasteiger partial charge < -0.3 is 4.90 Å². The molecule has 0 aromatic heterocycles.